The van der Waals surface area contributed by atoms with Crippen molar-refractivity contribution >= 4 is 11.7 Å². The van der Waals surface area contributed by atoms with Gasteiger partial charge in [-0.05, 0) is 13.0 Å². The number of nitriles is 1. The Morgan fingerprint density at radius 3 is 2.86 bits per heavy atom. The van der Waals surface area contributed by atoms with Crippen molar-refractivity contribution < 1.29 is 9.21 Å². The molecule has 4 heteroatoms. The standard InChI is InChI=1S/C10H12N2O2/c1-8-3-4-10(14-8)12(2)7-9(13)5-6-11/h3-4H,5,7H2,1-2H3. The highest BCUT2D eigenvalue weighted by Crippen LogP contribution is 2.15. The van der Waals surface area contributed by atoms with Gasteiger partial charge in [0.1, 0.15) is 5.76 Å². The first-order valence-electron chi connectivity index (χ1n) is 4.29. The number of carbonyl (C=O) groups excluding carboxylic acids is 1. The van der Waals surface area contributed by atoms with Gasteiger partial charge in [-0.15, -0.1) is 0 Å². The van der Waals surface area contributed by atoms with E-state index in [1.807, 2.05) is 19.1 Å². The fourth-order valence-electron chi connectivity index (χ4n) is 1.11. The first kappa shape index (κ1) is 10.3. The Bertz CT molecular complexity index is 362. The monoisotopic (exact) mass is 192 g/mol. The molecule has 1 heterocycles. The third kappa shape index (κ3) is 2.63. The van der Waals surface area contributed by atoms with Crippen molar-refractivity contribution in [2.24, 2.45) is 0 Å². The maximum Gasteiger partial charge on any atom is 0.195 e. The molecule has 0 N–H and O–H groups in total. The van der Waals surface area contributed by atoms with Gasteiger partial charge in [-0.2, -0.15) is 5.26 Å². The van der Waals surface area contributed by atoms with Crippen LogP contribution in [0.1, 0.15) is 12.2 Å². The van der Waals surface area contributed by atoms with E-state index >= 15 is 0 Å². The van der Waals surface area contributed by atoms with Gasteiger partial charge in [0.2, 0.25) is 0 Å². The van der Waals surface area contributed by atoms with E-state index in [0.717, 1.165) is 5.76 Å². The Hall–Kier alpha value is -1.76. The number of hydrogen-bond donors (Lipinski definition) is 0. The molecule has 0 fully saturated rings. The van der Waals surface area contributed by atoms with E-state index in [2.05, 4.69) is 0 Å². The van der Waals surface area contributed by atoms with Crippen LogP contribution in [0.15, 0.2) is 16.5 Å². The second kappa shape index (κ2) is 4.47. The zero-order valence-corrected chi connectivity index (χ0v) is 8.28. The summed E-state index contributed by atoms with van der Waals surface area (Å²) in [6, 6.07) is 5.46. The quantitative estimate of drug-likeness (QED) is 0.725. The number of nitrogens with zero attached hydrogens (tertiary/aromatic N) is 2. The molecule has 0 aliphatic carbocycles. The second-order valence-corrected chi connectivity index (χ2v) is 3.11. The van der Waals surface area contributed by atoms with Crippen LogP contribution in [0.2, 0.25) is 0 Å². The average Bonchev–Trinajstić information content (AvgIpc) is 2.52. The number of anilines is 1. The molecule has 0 atom stereocenters. The molecule has 0 unspecified atom stereocenters. The van der Waals surface area contributed by atoms with Gasteiger partial charge in [-0.1, -0.05) is 0 Å². The largest absolute Gasteiger partial charge is 0.446 e. The lowest BCUT2D eigenvalue weighted by atomic mass is 10.3. The first-order valence-corrected chi connectivity index (χ1v) is 4.29. The lowest BCUT2D eigenvalue weighted by molar-refractivity contribution is -0.116. The van der Waals surface area contributed by atoms with Gasteiger partial charge < -0.3 is 9.32 Å². The summed E-state index contributed by atoms with van der Waals surface area (Å²) >= 11 is 0. The second-order valence-electron chi connectivity index (χ2n) is 3.11. The normalized spacial score (nSPS) is 9.50. The average molecular weight is 192 g/mol. The highest BCUT2D eigenvalue weighted by molar-refractivity contribution is 5.84. The van der Waals surface area contributed by atoms with Crippen molar-refractivity contribution in [2.45, 2.75) is 13.3 Å². The predicted octanol–water partition coefficient (Wildman–Crippen LogP) is 1.51. The topological polar surface area (TPSA) is 57.2 Å². The SMILES string of the molecule is Cc1ccc(N(C)CC(=O)CC#N)o1. The lowest BCUT2D eigenvalue weighted by Gasteiger charge is -2.13. The number of Topliss-reactive ketones (excluding diaryl/α,β-unsaturated/α-hetero) is 1. The molecule has 0 spiro atoms. The molecule has 0 bridgehead atoms. The van der Waals surface area contributed by atoms with E-state index < -0.39 is 0 Å². The Morgan fingerprint density at radius 2 is 2.36 bits per heavy atom. The molecule has 1 rings (SSSR count). The lowest BCUT2D eigenvalue weighted by Crippen LogP contribution is -2.24. The summed E-state index contributed by atoms with van der Waals surface area (Å²) in [5.74, 6) is 1.34. The number of furan rings is 1. The summed E-state index contributed by atoms with van der Waals surface area (Å²) in [6.07, 6.45) is -0.0516. The van der Waals surface area contributed by atoms with E-state index in [9.17, 15) is 4.79 Å². The zero-order valence-electron chi connectivity index (χ0n) is 8.28. The summed E-state index contributed by atoms with van der Waals surface area (Å²) in [5, 5.41) is 8.31. The summed E-state index contributed by atoms with van der Waals surface area (Å²) < 4.78 is 5.32. The van der Waals surface area contributed by atoms with Crippen LogP contribution in [0, 0.1) is 18.3 Å². The first-order chi connectivity index (χ1) is 6.63. The van der Waals surface area contributed by atoms with Crippen molar-refractivity contribution in [1.29, 1.82) is 5.26 Å². The van der Waals surface area contributed by atoms with Crippen LogP contribution in [0.4, 0.5) is 5.88 Å². The number of hydrogen-bond acceptors (Lipinski definition) is 4. The fourth-order valence-corrected chi connectivity index (χ4v) is 1.11. The Balaban J connectivity index is 2.55. The summed E-state index contributed by atoms with van der Waals surface area (Å²) in [4.78, 5) is 12.8. The molecule has 1 aromatic heterocycles. The van der Waals surface area contributed by atoms with E-state index in [4.69, 9.17) is 9.68 Å². The number of likely N-dealkylation sites (N-methyl/N-ethyl adjacent to an activating group) is 1. The molecule has 4 nitrogen and oxygen atoms in total. The number of aryl methyl sites for hydroxylation is 1. The Labute approximate surface area is 82.7 Å². The number of ketones is 1. The van der Waals surface area contributed by atoms with Gasteiger partial charge in [0.25, 0.3) is 0 Å². The van der Waals surface area contributed by atoms with Crippen LogP contribution < -0.4 is 4.90 Å². The minimum absolute atomic E-state index is 0.0516. The molecule has 1 aromatic rings. The molecule has 0 aliphatic heterocycles. The Morgan fingerprint density at radius 1 is 1.64 bits per heavy atom. The predicted molar refractivity (Wildman–Crippen MR) is 52.0 cm³/mol. The molecule has 0 saturated heterocycles. The third-order valence-electron chi connectivity index (χ3n) is 1.79. The molecule has 74 valence electrons. The van der Waals surface area contributed by atoms with E-state index in [0.29, 0.717) is 5.88 Å². The van der Waals surface area contributed by atoms with Crippen LogP contribution in [-0.2, 0) is 4.79 Å². The third-order valence-corrected chi connectivity index (χ3v) is 1.79. The molecule has 14 heavy (non-hydrogen) atoms. The molecule has 0 aromatic carbocycles. The molecule has 0 radical (unpaired) electrons. The van der Waals surface area contributed by atoms with Crippen molar-refractivity contribution in [1.82, 2.24) is 0 Å². The van der Waals surface area contributed by atoms with Crippen LogP contribution in [0.3, 0.4) is 0 Å². The Kier molecular flexibility index (Phi) is 3.29. The molecule has 0 saturated carbocycles. The van der Waals surface area contributed by atoms with Crippen molar-refractivity contribution in [3.8, 4) is 6.07 Å². The highest BCUT2D eigenvalue weighted by atomic mass is 16.4. The van der Waals surface area contributed by atoms with Crippen molar-refractivity contribution in [3.05, 3.63) is 17.9 Å². The molecule has 0 aliphatic rings. The van der Waals surface area contributed by atoms with Crippen LogP contribution >= 0.6 is 0 Å². The number of rotatable bonds is 4. The van der Waals surface area contributed by atoms with Crippen molar-refractivity contribution in [3.63, 3.8) is 0 Å². The van der Waals surface area contributed by atoms with Gasteiger partial charge in [0, 0.05) is 13.1 Å². The maximum atomic E-state index is 11.1. The molecular weight excluding hydrogens is 180 g/mol. The smallest absolute Gasteiger partial charge is 0.195 e. The molecular formula is C10H12N2O2. The van der Waals surface area contributed by atoms with Crippen LogP contribution in [-0.4, -0.2) is 19.4 Å². The summed E-state index contributed by atoms with van der Waals surface area (Å²) in [7, 11) is 1.76. The fraction of sp³-hybridized carbons (Fsp3) is 0.400. The van der Waals surface area contributed by atoms with Crippen LogP contribution in [0.5, 0.6) is 0 Å². The molecule has 0 amide bonds. The van der Waals surface area contributed by atoms with Gasteiger partial charge in [0.15, 0.2) is 11.7 Å². The highest BCUT2D eigenvalue weighted by Gasteiger charge is 2.09. The van der Waals surface area contributed by atoms with E-state index in [1.54, 1.807) is 18.0 Å². The minimum Gasteiger partial charge on any atom is -0.446 e. The minimum atomic E-state index is -0.107. The summed E-state index contributed by atoms with van der Waals surface area (Å²) in [5.41, 5.74) is 0. The van der Waals surface area contributed by atoms with Crippen LogP contribution in [0.25, 0.3) is 0 Å². The van der Waals surface area contributed by atoms with E-state index in [-0.39, 0.29) is 18.7 Å². The van der Waals surface area contributed by atoms with Gasteiger partial charge in [-0.25, -0.2) is 0 Å². The van der Waals surface area contributed by atoms with E-state index in [1.165, 1.54) is 0 Å². The maximum absolute atomic E-state index is 11.1. The number of carbonyl (C=O) groups is 1. The van der Waals surface area contributed by atoms with Gasteiger partial charge in [0.05, 0.1) is 19.0 Å². The zero-order chi connectivity index (χ0) is 10.6. The van der Waals surface area contributed by atoms with Gasteiger partial charge in [-0.3, -0.25) is 4.79 Å². The van der Waals surface area contributed by atoms with Gasteiger partial charge >= 0.3 is 0 Å². The van der Waals surface area contributed by atoms with Crippen molar-refractivity contribution in [2.75, 3.05) is 18.5 Å². The summed E-state index contributed by atoms with van der Waals surface area (Å²) in [6.45, 7) is 2.05.